The highest BCUT2D eigenvalue weighted by Crippen LogP contribution is 2.21. The molecule has 2 fully saturated rings. The van der Waals surface area contributed by atoms with Gasteiger partial charge in [-0.3, -0.25) is 14.7 Å². The minimum Gasteiger partial charge on any atom is -0.444 e. The van der Waals surface area contributed by atoms with E-state index >= 15 is 0 Å². The predicted molar refractivity (Wildman–Crippen MR) is 123 cm³/mol. The fraction of sp³-hybridized carbons (Fsp3) is 0.864. The van der Waals surface area contributed by atoms with Gasteiger partial charge in [0.1, 0.15) is 5.60 Å². The number of nitrogens with one attached hydrogen (secondary N) is 2. The first-order chi connectivity index (χ1) is 14.7. The van der Waals surface area contributed by atoms with E-state index in [1.807, 2.05) is 25.7 Å². The number of carbonyl (C=O) groups excluding carboxylic acids is 2. The molecule has 2 aliphatic heterocycles. The number of rotatable bonds is 7. The number of likely N-dealkylation sites (tertiary alicyclic amines) is 2. The summed E-state index contributed by atoms with van der Waals surface area (Å²) in [5, 5.41) is 6.86. The van der Waals surface area contributed by atoms with E-state index in [1.165, 1.54) is 0 Å². The quantitative estimate of drug-likeness (QED) is 0.410. The second kappa shape index (κ2) is 12.1. The van der Waals surface area contributed by atoms with Crippen LogP contribution in [-0.4, -0.2) is 85.2 Å². The lowest BCUT2D eigenvalue weighted by molar-refractivity contribution is -0.119. The third kappa shape index (κ3) is 9.76. The molecule has 0 aliphatic carbocycles. The molecule has 31 heavy (non-hydrogen) atoms. The fourth-order valence-corrected chi connectivity index (χ4v) is 4.12. The van der Waals surface area contributed by atoms with Crippen molar-refractivity contribution in [2.75, 3.05) is 45.8 Å². The molecule has 0 aromatic rings. The molecule has 0 spiro atoms. The minimum absolute atomic E-state index is 0.210. The van der Waals surface area contributed by atoms with Gasteiger partial charge in [0.15, 0.2) is 5.96 Å². The Bertz CT molecular complexity index is 611. The average molecular weight is 439 g/mol. The summed E-state index contributed by atoms with van der Waals surface area (Å²) in [4.78, 5) is 32.2. The average Bonchev–Trinajstić information content (AvgIpc) is 2.68. The Labute approximate surface area is 187 Å². The maximum atomic E-state index is 12.4. The van der Waals surface area contributed by atoms with Crippen LogP contribution >= 0.6 is 0 Å². The summed E-state index contributed by atoms with van der Waals surface area (Å²) in [6.45, 7) is 12.9. The van der Waals surface area contributed by atoms with Crippen molar-refractivity contribution in [1.29, 1.82) is 0 Å². The van der Waals surface area contributed by atoms with Gasteiger partial charge in [0, 0.05) is 45.3 Å². The normalized spacial score (nSPS) is 21.6. The molecule has 2 aliphatic rings. The lowest BCUT2D eigenvalue weighted by atomic mass is 9.95. The van der Waals surface area contributed by atoms with E-state index in [1.54, 1.807) is 0 Å². The lowest BCUT2D eigenvalue weighted by Gasteiger charge is -2.34. The molecule has 2 amide bonds. The second-order valence-electron chi connectivity index (χ2n) is 9.65. The van der Waals surface area contributed by atoms with Crippen LogP contribution < -0.4 is 16.4 Å². The predicted octanol–water partition coefficient (Wildman–Crippen LogP) is 1.53. The second-order valence-corrected chi connectivity index (χ2v) is 9.65. The largest absolute Gasteiger partial charge is 0.444 e. The number of nitrogens with zero attached hydrogens (tertiary/aromatic N) is 3. The fourth-order valence-electron chi connectivity index (χ4n) is 4.12. The van der Waals surface area contributed by atoms with Crippen molar-refractivity contribution in [3.8, 4) is 0 Å². The van der Waals surface area contributed by atoms with Gasteiger partial charge in [0.05, 0.1) is 6.54 Å². The molecule has 2 saturated heterocycles. The SMILES string of the molecule is CCNC(=NCCC1CCCN(C(=O)OC(C)(C)C)C1)NC1CCN(CC(N)=O)CC1. The van der Waals surface area contributed by atoms with Crippen LogP contribution in [0.15, 0.2) is 4.99 Å². The van der Waals surface area contributed by atoms with Crippen LogP contribution in [0, 0.1) is 5.92 Å². The van der Waals surface area contributed by atoms with Gasteiger partial charge in [-0.25, -0.2) is 4.79 Å². The van der Waals surface area contributed by atoms with E-state index in [4.69, 9.17) is 15.5 Å². The topological polar surface area (TPSA) is 112 Å². The van der Waals surface area contributed by atoms with Crippen LogP contribution in [0.4, 0.5) is 4.79 Å². The first-order valence-corrected chi connectivity index (χ1v) is 11.7. The first-order valence-electron chi connectivity index (χ1n) is 11.7. The molecule has 1 atom stereocenters. The standard InChI is InChI=1S/C22H42N6O3/c1-5-24-20(26-18-9-13-27(14-10-18)16-19(23)29)25-11-8-17-7-6-12-28(15-17)21(30)31-22(2,3)4/h17-18H,5-16H2,1-4H3,(H2,23,29)(H2,24,25,26). The molecule has 9 heteroatoms. The summed E-state index contributed by atoms with van der Waals surface area (Å²) in [5.74, 6) is 1.02. The Morgan fingerprint density at radius 3 is 2.48 bits per heavy atom. The molecule has 9 nitrogen and oxygen atoms in total. The van der Waals surface area contributed by atoms with E-state index in [2.05, 4.69) is 22.5 Å². The van der Waals surface area contributed by atoms with Crippen LogP contribution in [0.1, 0.15) is 59.8 Å². The third-order valence-electron chi connectivity index (χ3n) is 5.63. The summed E-state index contributed by atoms with van der Waals surface area (Å²) >= 11 is 0. The third-order valence-corrected chi connectivity index (χ3v) is 5.63. The minimum atomic E-state index is -0.462. The number of aliphatic imine (C=N–C) groups is 1. The Morgan fingerprint density at radius 2 is 1.87 bits per heavy atom. The van der Waals surface area contributed by atoms with Crippen molar-refractivity contribution in [3.63, 3.8) is 0 Å². The summed E-state index contributed by atoms with van der Waals surface area (Å²) in [6, 6.07) is 0.347. The van der Waals surface area contributed by atoms with Gasteiger partial charge >= 0.3 is 6.09 Å². The van der Waals surface area contributed by atoms with E-state index in [9.17, 15) is 9.59 Å². The number of primary amides is 1. The van der Waals surface area contributed by atoms with E-state index < -0.39 is 5.60 Å². The summed E-state index contributed by atoms with van der Waals surface area (Å²) in [7, 11) is 0. The van der Waals surface area contributed by atoms with E-state index in [0.717, 1.165) is 77.3 Å². The maximum Gasteiger partial charge on any atom is 0.410 e. The Balaban J connectivity index is 1.77. The van der Waals surface area contributed by atoms with Gasteiger partial charge in [-0.1, -0.05) is 0 Å². The number of amides is 2. The highest BCUT2D eigenvalue weighted by atomic mass is 16.6. The number of piperidine rings is 2. The summed E-state index contributed by atoms with van der Waals surface area (Å²) in [5.41, 5.74) is 4.83. The summed E-state index contributed by atoms with van der Waals surface area (Å²) in [6.07, 6.45) is 4.80. The van der Waals surface area contributed by atoms with Crippen molar-refractivity contribution >= 4 is 18.0 Å². The molecule has 2 rings (SSSR count). The van der Waals surface area contributed by atoms with Gasteiger partial charge in [-0.15, -0.1) is 0 Å². The van der Waals surface area contributed by atoms with Crippen molar-refractivity contribution in [2.45, 2.75) is 71.4 Å². The number of hydrogen-bond donors (Lipinski definition) is 3. The van der Waals surface area contributed by atoms with Crippen LogP contribution in [0.3, 0.4) is 0 Å². The Hall–Kier alpha value is -2.03. The van der Waals surface area contributed by atoms with Crippen molar-refractivity contribution < 1.29 is 14.3 Å². The van der Waals surface area contributed by atoms with Gasteiger partial charge in [0.2, 0.25) is 5.91 Å². The molecule has 0 radical (unpaired) electrons. The molecule has 0 bridgehead atoms. The number of carbonyl (C=O) groups is 2. The van der Waals surface area contributed by atoms with Crippen LogP contribution in [0.25, 0.3) is 0 Å². The van der Waals surface area contributed by atoms with Gasteiger partial charge in [0.25, 0.3) is 0 Å². The van der Waals surface area contributed by atoms with Gasteiger partial charge in [-0.2, -0.15) is 0 Å². The summed E-state index contributed by atoms with van der Waals surface area (Å²) < 4.78 is 5.52. The molecule has 0 aromatic carbocycles. The highest BCUT2D eigenvalue weighted by molar-refractivity contribution is 5.80. The van der Waals surface area contributed by atoms with E-state index in [-0.39, 0.29) is 12.0 Å². The van der Waals surface area contributed by atoms with Crippen LogP contribution in [0.5, 0.6) is 0 Å². The smallest absolute Gasteiger partial charge is 0.410 e. The molecule has 1 unspecified atom stereocenters. The first kappa shape index (κ1) is 25.2. The highest BCUT2D eigenvalue weighted by Gasteiger charge is 2.27. The van der Waals surface area contributed by atoms with Crippen LogP contribution in [-0.2, 0) is 9.53 Å². The molecule has 2 heterocycles. The monoisotopic (exact) mass is 438 g/mol. The maximum absolute atomic E-state index is 12.4. The molecule has 0 aromatic heterocycles. The van der Waals surface area contributed by atoms with Crippen molar-refractivity contribution in [2.24, 2.45) is 16.6 Å². The Morgan fingerprint density at radius 1 is 1.16 bits per heavy atom. The van der Waals surface area contributed by atoms with Crippen molar-refractivity contribution in [1.82, 2.24) is 20.4 Å². The zero-order valence-electron chi connectivity index (χ0n) is 19.8. The van der Waals surface area contributed by atoms with Crippen molar-refractivity contribution in [3.05, 3.63) is 0 Å². The molecular weight excluding hydrogens is 396 g/mol. The van der Waals surface area contributed by atoms with Gasteiger partial charge in [-0.05, 0) is 65.7 Å². The number of nitrogens with two attached hydrogens (primary N) is 1. The molecule has 4 N–H and O–H groups in total. The number of guanidine groups is 1. The lowest BCUT2D eigenvalue weighted by Crippen LogP contribution is -2.49. The van der Waals surface area contributed by atoms with E-state index in [0.29, 0.717) is 18.5 Å². The Kier molecular flexibility index (Phi) is 9.87. The van der Waals surface area contributed by atoms with Crippen LogP contribution in [0.2, 0.25) is 0 Å². The van der Waals surface area contributed by atoms with Gasteiger partial charge < -0.3 is 26.0 Å². The molecule has 178 valence electrons. The number of ether oxygens (including phenoxy) is 1. The molecule has 0 saturated carbocycles. The zero-order valence-corrected chi connectivity index (χ0v) is 19.8. The zero-order chi connectivity index (χ0) is 22.9. The number of hydrogen-bond acceptors (Lipinski definition) is 5. The molecular formula is C22H42N6O3.